The van der Waals surface area contributed by atoms with E-state index in [1.807, 2.05) is 55.1 Å². The summed E-state index contributed by atoms with van der Waals surface area (Å²) >= 11 is 5.95. The highest BCUT2D eigenvalue weighted by molar-refractivity contribution is 6.30. The zero-order valence-corrected chi connectivity index (χ0v) is 16.6. The summed E-state index contributed by atoms with van der Waals surface area (Å²) in [4.78, 5) is 27.0. The zero-order valence-electron chi connectivity index (χ0n) is 15.8. The van der Waals surface area contributed by atoms with E-state index in [4.69, 9.17) is 11.6 Å². The lowest BCUT2D eigenvalue weighted by molar-refractivity contribution is -0.117. The van der Waals surface area contributed by atoms with Crippen molar-refractivity contribution >= 4 is 29.1 Å². The lowest BCUT2D eigenvalue weighted by atomic mass is 9.81. The molecule has 0 spiro atoms. The van der Waals surface area contributed by atoms with Gasteiger partial charge in [-0.2, -0.15) is 0 Å². The van der Waals surface area contributed by atoms with Crippen LogP contribution in [0.2, 0.25) is 5.02 Å². The maximum atomic E-state index is 12.6. The van der Waals surface area contributed by atoms with Crippen LogP contribution in [0.3, 0.4) is 0 Å². The Hall–Kier alpha value is -2.33. The summed E-state index contributed by atoms with van der Waals surface area (Å²) in [6.07, 6.45) is 2.45. The van der Waals surface area contributed by atoms with E-state index in [1.54, 1.807) is 12.1 Å². The van der Waals surface area contributed by atoms with Crippen molar-refractivity contribution in [1.29, 1.82) is 0 Å². The number of benzene rings is 2. The van der Waals surface area contributed by atoms with Crippen LogP contribution < -0.4 is 5.32 Å². The molecular weight excluding hydrogens is 360 g/mol. The molecule has 1 heterocycles. The minimum Gasteiger partial charge on any atom is -0.339 e. The maximum Gasteiger partial charge on any atom is 0.253 e. The van der Waals surface area contributed by atoms with Gasteiger partial charge >= 0.3 is 0 Å². The normalized spacial score (nSPS) is 14.3. The van der Waals surface area contributed by atoms with E-state index in [0.29, 0.717) is 22.7 Å². The number of amides is 2. The van der Waals surface area contributed by atoms with Crippen LogP contribution >= 0.6 is 11.6 Å². The van der Waals surface area contributed by atoms with Crippen molar-refractivity contribution in [3.63, 3.8) is 0 Å². The standard InChI is InChI=1S/C22H25ClN2O2/c1-22(2,17-8-10-18(23)11-9-17)15-20(26)24-19-7-5-6-16(14-19)21(27)25-12-3-4-13-25/h5-11,14H,3-4,12-13,15H2,1-2H3,(H,24,26). The monoisotopic (exact) mass is 384 g/mol. The molecule has 1 aliphatic heterocycles. The number of rotatable bonds is 5. The highest BCUT2D eigenvalue weighted by Gasteiger charge is 2.25. The molecule has 1 N–H and O–H groups in total. The summed E-state index contributed by atoms with van der Waals surface area (Å²) < 4.78 is 0. The highest BCUT2D eigenvalue weighted by atomic mass is 35.5. The van der Waals surface area contributed by atoms with E-state index in [2.05, 4.69) is 5.32 Å². The quantitative estimate of drug-likeness (QED) is 0.798. The number of nitrogens with one attached hydrogen (secondary N) is 1. The van der Waals surface area contributed by atoms with Gasteiger partial charge in [0.25, 0.3) is 5.91 Å². The predicted molar refractivity (Wildman–Crippen MR) is 109 cm³/mol. The second-order valence-electron chi connectivity index (χ2n) is 7.70. The van der Waals surface area contributed by atoms with Gasteiger partial charge in [-0.1, -0.05) is 43.6 Å². The number of nitrogens with zero attached hydrogens (tertiary/aromatic N) is 1. The van der Waals surface area contributed by atoms with Gasteiger partial charge in [0.1, 0.15) is 0 Å². The van der Waals surface area contributed by atoms with Crippen LogP contribution in [-0.4, -0.2) is 29.8 Å². The van der Waals surface area contributed by atoms with Crippen molar-refractivity contribution in [3.8, 4) is 0 Å². The van der Waals surface area contributed by atoms with Crippen molar-refractivity contribution in [2.24, 2.45) is 0 Å². The van der Waals surface area contributed by atoms with Crippen molar-refractivity contribution in [2.75, 3.05) is 18.4 Å². The molecule has 0 bridgehead atoms. The molecule has 0 aliphatic carbocycles. The summed E-state index contributed by atoms with van der Waals surface area (Å²) in [6, 6.07) is 14.8. The fourth-order valence-corrected chi connectivity index (χ4v) is 3.57. The largest absolute Gasteiger partial charge is 0.339 e. The third-order valence-corrected chi connectivity index (χ3v) is 5.27. The van der Waals surface area contributed by atoms with E-state index in [9.17, 15) is 9.59 Å². The fraction of sp³-hybridized carbons (Fsp3) is 0.364. The van der Waals surface area contributed by atoms with Gasteiger partial charge in [-0.25, -0.2) is 0 Å². The van der Waals surface area contributed by atoms with E-state index in [-0.39, 0.29) is 17.2 Å². The van der Waals surface area contributed by atoms with Crippen LogP contribution in [0.25, 0.3) is 0 Å². The number of anilines is 1. The Bertz CT molecular complexity index is 824. The molecule has 1 saturated heterocycles. The second kappa shape index (κ2) is 8.13. The Morgan fingerprint density at radius 1 is 1.07 bits per heavy atom. The first-order valence-corrected chi connectivity index (χ1v) is 9.68. The van der Waals surface area contributed by atoms with Crippen LogP contribution in [0.1, 0.15) is 49.0 Å². The van der Waals surface area contributed by atoms with Crippen LogP contribution in [0.5, 0.6) is 0 Å². The first kappa shape index (κ1) is 19.4. The molecule has 4 nitrogen and oxygen atoms in total. The van der Waals surface area contributed by atoms with Gasteiger partial charge in [0.05, 0.1) is 0 Å². The van der Waals surface area contributed by atoms with Crippen molar-refractivity contribution < 1.29 is 9.59 Å². The topological polar surface area (TPSA) is 49.4 Å². The van der Waals surface area contributed by atoms with Crippen molar-refractivity contribution in [3.05, 3.63) is 64.7 Å². The average molecular weight is 385 g/mol. The molecule has 0 aromatic heterocycles. The minimum absolute atomic E-state index is 0.0325. The van der Waals surface area contributed by atoms with Crippen LogP contribution in [0.15, 0.2) is 48.5 Å². The van der Waals surface area contributed by atoms with Crippen LogP contribution in [0.4, 0.5) is 5.69 Å². The van der Waals surface area contributed by atoms with Gasteiger partial charge in [-0.15, -0.1) is 0 Å². The lowest BCUT2D eigenvalue weighted by Gasteiger charge is -2.24. The Morgan fingerprint density at radius 3 is 2.41 bits per heavy atom. The lowest BCUT2D eigenvalue weighted by Crippen LogP contribution is -2.28. The molecule has 1 aliphatic rings. The molecular formula is C22H25ClN2O2. The highest BCUT2D eigenvalue weighted by Crippen LogP contribution is 2.28. The summed E-state index contributed by atoms with van der Waals surface area (Å²) in [6.45, 7) is 5.68. The van der Waals surface area contributed by atoms with E-state index < -0.39 is 0 Å². The molecule has 0 saturated carbocycles. The summed E-state index contributed by atoms with van der Waals surface area (Å²) in [5.74, 6) is -0.0502. The van der Waals surface area contributed by atoms with Gasteiger partial charge in [0.15, 0.2) is 0 Å². The average Bonchev–Trinajstić information content (AvgIpc) is 3.15. The van der Waals surface area contributed by atoms with Crippen molar-refractivity contribution in [2.45, 2.75) is 38.5 Å². The predicted octanol–water partition coefficient (Wildman–Crippen LogP) is 4.88. The maximum absolute atomic E-state index is 12.6. The summed E-state index contributed by atoms with van der Waals surface area (Å²) in [5.41, 5.74) is 2.00. The van der Waals surface area contributed by atoms with Gasteiger partial charge < -0.3 is 10.2 Å². The number of carbonyl (C=O) groups is 2. The summed E-state index contributed by atoms with van der Waals surface area (Å²) in [5, 5.41) is 3.61. The third-order valence-electron chi connectivity index (χ3n) is 5.01. The molecule has 2 aromatic rings. The third kappa shape index (κ3) is 4.89. The van der Waals surface area contributed by atoms with Gasteiger partial charge in [-0.3, -0.25) is 9.59 Å². The SMILES string of the molecule is CC(C)(CC(=O)Nc1cccc(C(=O)N2CCCC2)c1)c1ccc(Cl)cc1. The molecule has 0 atom stereocenters. The molecule has 0 unspecified atom stereocenters. The number of halogens is 1. The first-order valence-electron chi connectivity index (χ1n) is 9.30. The molecule has 142 valence electrons. The number of hydrogen-bond donors (Lipinski definition) is 1. The van der Waals surface area contributed by atoms with E-state index in [0.717, 1.165) is 31.5 Å². The van der Waals surface area contributed by atoms with Gasteiger partial charge in [0.2, 0.25) is 5.91 Å². The summed E-state index contributed by atoms with van der Waals surface area (Å²) in [7, 11) is 0. The molecule has 2 amide bonds. The molecule has 0 radical (unpaired) electrons. The zero-order chi connectivity index (χ0) is 19.4. The van der Waals surface area contributed by atoms with Crippen molar-refractivity contribution in [1.82, 2.24) is 4.90 Å². The van der Waals surface area contributed by atoms with Gasteiger partial charge in [0, 0.05) is 35.8 Å². The second-order valence-corrected chi connectivity index (χ2v) is 8.13. The first-order chi connectivity index (χ1) is 12.8. The molecule has 5 heteroatoms. The number of carbonyl (C=O) groups excluding carboxylic acids is 2. The Kier molecular flexibility index (Phi) is 5.85. The van der Waals surface area contributed by atoms with Gasteiger partial charge in [-0.05, 0) is 54.2 Å². The van der Waals surface area contributed by atoms with E-state index in [1.165, 1.54) is 0 Å². The van der Waals surface area contributed by atoms with Crippen LogP contribution in [-0.2, 0) is 10.2 Å². The minimum atomic E-state index is -0.322. The van der Waals surface area contributed by atoms with Crippen LogP contribution in [0, 0.1) is 0 Å². The molecule has 27 heavy (non-hydrogen) atoms. The molecule has 1 fully saturated rings. The Balaban J connectivity index is 1.66. The smallest absolute Gasteiger partial charge is 0.253 e. The van der Waals surface area contributed by atoms with E-state index >= 15 is 0 Å². The number of likely N-dealkylation sites (tertiary alicyclic amines) is 1. The Labute approximate surface area is 165 Å². The fourth-order valence-electron chi connectivity index (χ4n) is 3.44. The molecule has 3 rings (SSSR count). The number of hydrogen-bond acceptors (Lipinski definition) is 2. The molecule has 2 aromatic carbocycles. The Morgan fingerprint density at radius 2 is 1.74 bits per heavy atom.